The van der Waals surface area contributed by atoms with Crippen molar-refractivity contribution >= 4 is 18.1 Å². The molecule has 3 rings (SSSR count). The molecule has 0 aromatic carbocycles. The van der Waals surface area contributed by atoms with E-state index in [2.05, 4.69) is 29.3 Å². The molecule has 1 saturated carbocycles. The number of halogens is 1. The van der Waals surface area contributed by atoms with Crippen molar-refractivity contribution in [3.63, 3.8) is 0 Å². The van der Waals surface area contributed by atoms with Gasteiger partial charge in [0.2, 0.25) is 0 Å². The molecule has 0 spiro atoms. The number of nitrogens with zero attached hydrogens (tertiary/aromatic N) is 2. The van der Waals surface area contributed by atoms with Gasteiger partial charge in [0.1, 0.15) is 5.82 Å². The number of hydrogen-bond donors (Lipinski definition) is 0. The third-order valence-corrected chi connectivity index (χ3v) is 3.02. The Morgan fingerprint density at radius 2 is 2.07 bits per heavy atom. The number of allylic oxidation sites excluding steroid dienone is 3. The van der Waals surface area contributed by atoms with Crippen molar-refractivity contribution in [1.82, 2.24) is 4.90 Å². The Morgan fingerprint density at radius 3 is 3.00 bits per heavy atom. The van der Waals surface area contributed by atoms with Crippen molar-refractivity contribution < 1.29 is 0 Å². The molecule has 0 unspecified atom stereocenters. The van der Waals surface area contributed by atoms with Crippen molar-refractivity contribution in [3.05, 3.63) is 35.8 Å². The molecule has 0 amide bonds. The van der Waals surface area contributed by atoms with Gasteiger partial charge in [0.05, 0.1) is 0 Å². The molecule has 0 N–H and O–H groups in total. The normalized spacial score (nSPS) is 22.9. The first kappa shape index (κ1) is 10.5. The summed E-state index contributed by atoms with van der Waals surface area (Å²) >= 11 is 0. The number of hydrogen-bond acceptors (Lipinski definition) is 2. The van der Waals surface area contributed by atoms with Gasteiger partial charge in [0.15, 0.2) is 0 Å². The fourth-order valence-electron chi connectivity index (χ4n) is 2.24. The van der Waals surface area contributed by atoms with Crippen LogP contribution in [0.3, 0.4) is 0 Å². The first-order chi connectivity index (χ1) is 6.93. The van der Waals surface area contributed by atoms with Gasteiger partial charge in [-0.05, 0) is 37.3 Å². The number of rotatable bonds is 0. The average molecular weight is 223 g/mol. The van der Waals surface area contributed by atoms with Crippen LogP contribution in [0.5, 0.6) is 0 Å². The minimum absolute atomic E-state index is 0. The predicted molar refractivity (Wildman–Crippen MR) is 65.2 cm³/mol. The molecule has 3 aliphatic rings. The van der Waals surface area contributed by atoms with Crippen LogP contribution >= 0.6 is 12.4 Å². The minimum Gasteiger partial charge on any atom is -0.329 e. The summed E-state index contributed by atoms with van der Waals surface area (Å²) in [6.07, 6.45) is 13.7. The molecular formula is C12H15ClN2. The van der Waals surface area contributed by atoms with E-state index in [9.17, 15) is 0 Å². The van der Waals surface area contributed by atoms with Crippen LogP contribution in [0.1, 0.15) is 25.7 Å². The highest BCUT2D eigenvalue weighted by molar-refractivity contribution is 6.02. The summed E-state index contributed by atoms with van der Waals surface area (Å²) < 4.78 is 0. The van der Waals surface area contributed by atoms with Gasteiger partial charge in [-0.1, -0.05) is 12.2 Å². The maximum Gasteiger partial charge on any atom is 0.133 e. The Kier molecular flexibility index (Phi) is 2.96. The van der Waals surface area contributed by atoms with E-state index < -0.39 is 0 Å². The zero-order chi connectivity index (χ0) is 9.38. The van der Waals surface area contributed by atoms with Crippen LogP contribution in [0.15, 0.2) is 40.8 Å². The van der Waals surface area contributed by atoms with Gasteiger partial charge >= 0.3 is 0 Å². The summed E-state index contributed by atoms with van der Waals surface area (Å²) in [6.45, 7) is 0.978. The molecule has 3 heteroatoms. The Bertz CT molecular complexity index is 377. The Balaban J connectivity index is 0.000000853. The maximum absolute atomic E-state index is 4.71. The second kappa shape index (κ2) is 4.23. The van der Waals surface area contributed by atoms with Gasteiger partial charge in [0.25, 0.3) is 0 Å². The molecule has 1 aliphatic carbocycles. The van der Waals surface area contributed by atoms with Gasteiger partial charge in [-0.15, -0.1) is 12.4 Å². The quantitative estimate of drug-likeness (QED) is 0.615. The molecule has 0 aromatic rings. The third-order valence-electron chi connectivity index (χ3n) is 3.02. The zero-order valence-corrected chi connectivity index (χ0v) is 9.46. The SMILES string of the molecule is C1=CCN2C=C3CCCCC3=NC2=C1.Cl. The van der Waals surface area contributed by atoms with Crippen LogP contribution in [0, 0.1) is 0 Å². The maximum atomic E-state index is 4.71. The molecule has 0 bridgehead atoms. The molecule has 0 saturated heterocycles. The molecule has 2 heterocycles. The summed E-state index contributed by atoms with van der Waals surface area (Å²) in [5.41, 5.74) is 2.79. The summed E-state index contributed by atoms with van der Waals surface area (Å²) in [6, 6.07) is 0. The predicted octanol–water partition coefficient (Wildman–Crippen LogP) is 3.03. The fourth-order valence-corrected chi connectivity index (χ4v) is 2.24. The van der Waals surface area contributed by atoms with E-state index in [4.69, 9.17) is 4.99 Å². The van der Waals surface area contributed by atoms with Gasteiger partial charge in [-0.25, -0.2) is 4.99 Å². The van der Waals surface area contributed by atoms with E-state index in [-0.39, 0.29) is 12.4 Å². The topological polar surface area (TPSA) is 15.6 Å². The monoisotopic (exact) mass is 222 g/mol. The van der Waals surface area contributed by atoms with E-state index in [1.165, 1.54) is 37.0 Å². The van der Waals surface area contributed by atoms with Crippen LogP contribution in [0.25, 0.3) is 0 Å². The van der Waals surface area contributed by atoms with E-state index in [1.807, 2.05) is 0 Å². The summed E-state index contributed by atoms with van der Waals surface area (Å²) in [4.78, 5) is 6.95. The third kappa shape index (κ3) is 1.86. The van der Waals surface area contributed by atoms with Gasteiger partial charge in [-0.3, -0.25) is 0 Å². The van der Waals surface area contributed by atoms with Crippen molar-refractivity contribution in [2.24, 2.45) is 4.99 Å². The zero-order valence-electron chi connectivity index (χ0n) is 8.65. The molecule has 2 nitrogen and oxygen atoms in total. The van der Waals surface area contributed by atoms with E-state index in [0.717, 1.165) is 12.4 Å². The second-order valence-electron chi connectivity index (χ2n) is 4.03. The second-order valence-corrected chi connectivity index (χ2v) is 4.03. The molecule has 80 valence electrons. The Hall–Kier alpha value is -1.02. The number of aliphatic imine (C=N–C) groups is 1. The highest BCUT2D eigenvalue weighted by Gasteiger charge is 2.21. The lowest BCUT2D eigenvalue weighted by Gasteiger charge is -2.30. The van der Waals surface area contributed by atoms with Crippen LogP contribution in [-0.4, -0.2) is 17.2 Å². The summed E-state index contributed by atoms with van der Waals surface area (Å²) in [5.74, 6) is 1.12. The minimum atomic E-state index is 0. The van der Waals surface area contributed by atoms with E-state index >= 15 is 0 Å². The summed E-state index contributed by atoms with van der Waals surface area (Å²) in [5, 5.41) is 0. The van der Waals surface area contributed by atoms with E-state index in [1.54, 1.807) is 0 Å². The van der Waals surface area contributed by atoms with Crippen LogP contribution in [0.4, 0.5) is 0 Å². The fraction of sp³-hybridized carbons (Fsp3) is 0.417. The molecule has 15 heavy (non-hydrogen) atoms. The lowest BCUT2D eigenvalue weighted by Crippen LogP contribution is -2.26. The highest BCUT2D eigenvalue weighted by atomic mass is 35.5. The van der Waals surface area contributed by atoms with Crippen LogP contribution in [-0.2, 0) is 0 Å². The number of fused-ring (bicyclic) bond motifs is 2. The van der Waals surface area contributed by atoms with Gasteiger partial charge in [-0.2, -0.15) is 0 Å². The van der Waals surface area contributed by atoms with Crippen molar-refractivity contribution in [1.29, 1.82) is 0 Å². The van der Waals surface area contributed by atoms with Crippen molar-refractivity contribution in [3.8, 4) is 0 Å². The van der Waals surface area contributed by atoms with Crippen molar-refractivity contribution in [2.75, 3.05) is 6.54 Å². The summed E-state index contributed by atoms with van der Waals surface area (Å²) in [7, 11) is 0. The Morgan fingerprint density at radius 1 is 1.20 bits per heavy atom. The molecule has 1 fully saturated rings. The first-order valence-corrected chi connectivity index (χ1v) is 5.35. The molecular weight excluding hydrogens is 208 g/mol. The lowest BCUT2D eigenvalue weighted by molar-refractivity contribution is 0.489. The first-order valence-electron chi connectivity index (χ1n) is 5.35. The Labute approximate surface area is 96.5 Å². The molecule has 0 aromatic heterocycles. The smallest absolute Gasteiger partial charge is 0.133 e. The van der Waals surface area contributed by atoms with Crippen molar-refractivity contribution in [2.45, 2.75) is 25.7 Å². The van der Waals surface area contributed by atoms with Crippen LogP contribution < -0.4 is 0 Å². The highest BCUT2D eigenvalue weighted by Crippen LogP contribution is 2.28. The van der Waals surface area contributed by atoms with Gasteiger partial charge in [0, 0.05) is 18.5 Å². The lowest BCUT2D eigenvalue weighted by atomic mass is 9.92. The van der Waals surface area contributed by atoms with Gasteiger partial charge < -0.3 is 4.90 Å². The molecule has 2 aliphatic heterocycles. The largest absolute Gasteiger partial charge is 0.329 e. The van der Waals surface area contributed by atoms with Crippen LogP contribution in [0.2, 0.25) is 0 Å². The van der Waals surface area contributed by atoms with E-state index in [0.29, 0.717) is 0 Å². The average Bonchev–Trinajstić information content (AvgIpc) is 2.26. The standard InChI is InChI=1S/C12H14N2.ClH/c1-2-6-11-10(5-1)9-14-8-4-3-7-12(14)13-11;/h3-4,7,9H,1-2,5-6,8H2;1H. The molecule has 0 radical (unpaired) electrons. The molecule has 0 atom stereocenters.